The molecule has 31 heavy (non-hydrogen) atoms. The molecule has 1 unspecified atom stereocenters. The van der Waals surface area contributed by atoms with Gasteiger partial charge in [-0.15, -0.1) is 0 Å². The topological polar surface area (TPSA) is 109 Å². The molecular formula is C21H21N3O5S2. The summed E-state index contributed by atoms with van der Waals surface area (Å²) in [4.78, 5) is 0.155. The standard InChI is InChI=1S/C21H21N3O5S2/c1-15-8-10-18(11-9-15)31(27,28)23-17-6-3-5-16(13-17)19-14-20(21-7-4-12-29-21)24(22-19)30(2,25)26/h3-13,20,23H,14H2,1-2H3. The van der Waals surface area contributed by atoms with Gasteiger partial charge in [0.25, 0.3) is 10.0 Å². The molecule has 0 aliphatic carbocycles. The molecule has 1 atom stereocenters. The van der Waals surface area contributed by atoms with E-state index in [9.17, 15) is 16.8 Å². The predicted octanol–water partition coefficient (Wildman–Crippen LogP) is 3.50. The summed E-state index contributed by atoms with van der Waals surface area (Å²) < 4.78 is 58.9. The summed E-state index contributed by atoms with van der Waals surface area (Å²) in [5.74, 6) is 0.486. The van der Waals surface area contributed by atoms with E-state index >= 15 is 0 Å². The number of sulfonamides is 2. The number of aryl methyl sites for hydroxylation is 1. The molecule has 2 heterocycles. The van der Waals surface area contributed by atoms with Crippen LogP contribution in [0.15, 0.2) is 81.3 Å². The first kappa shape index (κ1) is 21.1. The minimum atomic E-state index is -3.76. The van der Waals surface area contributed by atoms with Crippen LogP contribution >= 0.6 is 0 Å². The Balaban J connectivity index is 1.63. The third-order valence-electron chi connectivity index (χ3n) is 4.86. The van der Waals surface area contributed by atoms with Gasteiger partial charge in [-0.25, -0.2) is 16.8 Å². The van der Waals surface area contributed by atoms with Gasteiger partial charge < -0.3 is 4.42 Å². The normalized spacial score (nSPS) is 16.9. The van der Waals surface area contributed by atoms with Crippen molar-refractivity contribution < 1.29 is 21.3 Å². The fourth-order valence-electron chi connectivity index (χ4n) is 3.36. The first-order valence-corrected chi connectivity index (χ1v) is 12.8. The predicted molar refractivity (Wildman–Crippen MR) is 118 cm³/mol. The van der Waals surface area contributed by atoms with E-state index in [2.05, 4.69) is 9.82 Å². The highest BCUT2D eigenvalue weighted by Crippen LogP contribution is 2.35. The van der Waals surface area contributed by atoms with Gasteiger partial charge in [0.1, 0.15) is 11.8 Å². The van der Waals surface area contributed by atoms with E-state index in [4.69, 9.17) is 4.42 Å². The summed E-state index contributed by atoms with van der Waals surface area (Å²) >= 11 is 0. The third-order valence-corrected chi connectivity index (χ3v) is 7.28. The van der Waals surface area contributed by atoms with Gasteiger partial charge in [0.2, 0.25) is 10.0 Å². The summed E-state index contributed by atoms with van der Waals surface area (Å²) in [6, 6.07) is 16.1. The van der Waals surface area contributed by atoms with Crippen molar-refractivity contribution in [3.8, 4) is 0 Å². The second kappa shape index (κ2) is 7.86. The summed E-state index contributed by atoms with van der Waals surface area (Å²) in [6.45, 7) is 1.88. The highest BCUT2D eigenvalue weighted by atomic mass is 32.2. The number of furan rings is 1. The minimum absolute atomic E-state index is 0.155. The first-order valence-electron chi connectivity index (χ1n) is 9.44. The SMILES string of the molecule is Cc1ccc(S(=O)(=O)Nc2cccc(C3=NN(S(C)(=O)=O)C(c4ccco4)C3)c2)cc1. The van der Waals surface area contributed by atoms with Crippen LogP contribution in [0.5, 0.6) is 0 Å². The molecule has 0 fully saturated rings. The van der Waals surface area contributed by atoms with Gasteiger partial charge >= 0.3 is 0 Å². The summed E-state index contributed by atoms with van der Waals surface area (Å²) in [6.07, 6.45) is 2.87. The van der Waals surface area contributed by atoms with E-state index < -0.39 is 26.1 Å². The summed E-state index contributed by atoms with van der Waals surface area (Å²) in [7, 11) is -7.38. The Labute approximate surface area is 181 Å². The molecule has 1 aliphatic rings. The van der Waals surface area contributed by atoms with Crippen LogP contribution in [-0.4, -0.2) is 33.2 Å². The monoisotopic (exact) mass is 459 g/mol. The van der Waals surface area contributed by atoms with Crippen LogP contribution in [0.4, 0.5) is 5.69 Å². The van der Waals surface area contributed by atoms with Gasteiger partial charge in [-0.3, -0.25) is 4.72 Å². The number of nitrogens with one attached hydrogen (secondary N) is 1. The first-order chi connectivity index (χ1) is 14.6. The zero-order valence-electron chi connectivity index (χ0n) is 16.9. The highest BCUT2D eigenvalue weighted by molar-refractivity contribution is 7.92. The molecular weight excluding hydrogens is 438 g/mol. The highest BCUT2D eigenvalue weighted by Gasteiger charge is 2.36. The number of anilines is 1. The second-order valence-corrected chi connectivity index (χ2v) is 10.8. The Kier molecular flexibility index (Phi) is 5.36. The molecule has 162 valence electrons. The largest absolute Gasteiger partial charge is 0.467 e. The Morgan fingerprint density at radius 2 is 1.77 bits per heavy atom. The molecule has 0 radical (unpaired) electrons. The number of benzene rings is 2. The maximum absolute atomic E-state index is 12.7. The van der Waals surface area contributed by atoms with Crippen LogP contribution < -0.4 is 4.72 Å². The van der Waals surface area contributed by atoms with E-state index in [0.29, 0.717) is 29.1 Å². The Bertz CT molecular complexity index is 1330. The lowest BCUT2D eigenvalue weighted by Crippen LogP contribution is -2.25. The Hall–Kier alpha value is -3.11. The van der Waals surface area contributed by atoms with Crippen molar-refractivity contribution in [2.45, 2.75) is 24.3 Å². The Morgan fingerprint density at radius 3 is 2.42 bits per heavy atom. The molecule has 0 spiro atoms. The molecule has 4 rings (SSSR count). The van der Waals surface area contributed by atoms with Crippen molar-refractivity contribution in [1.82, 2.24) is 4.41 Å². The number of hydrazone groups is 1. The van der Waals surface area contributed by atoms with E-state index in [-0.39, 0.29) is 4.90 Å². The lowest BCUT2D eigenvalue weighted by atomic mass is 10.0. The van der Waals surface area contributed by atoms with Crippen LogP contribution in [-0.2, 0) is 20.0 Å². The maximum atomic E-state index is 12.7. The Morgan fingerprint density at radius 1 is 1.03 bits per heavy atom. The fraction of sp³-hybridized carbons (Fsp3) is 0.190. The van der Waals surface area contributed by atoms with Crippen LogP contribution in [0.25, 0.3) is 0 Å². The summed E-state index contributed by atoms with van der Waals surface area (Å²) in [5, 5.41) is 4.30. The van der Waals surface area contributed by atoms with Crippen LogP contribution in [0.1, 0.15) is 29.3 Å². The van der Waals surface area contributed by atoms with Crippen molar-refractivity contribution in [3.63, 3.8) is 0 Å². The van der Waals surface area contributed by atoms with Crippen molar-refractivity contribution in [3.05, 3.63) is 83.8 Å². The average Bonchev–Trinajstić information content (AvgIpc) is 3.38. The van der Waals surface area contributed by atoms with Gasteiger partial charge in [0.05, 0.1) is 23.1 Å². The van der Waals surface area contributed by atoms with Crippen molar-refractivity contribution in [2.75, 3.05) is 11.0 Å². The van der Waals surface area contributed by atoms with Gasteiger partial charge in [-0.05, 0) is 48.9 Å². The quantitative estimate of drug-likeness (QED) is 0.607. The van der Waals surface area contributed by atoms with Crippen LogP contribution in [0.3, 0.4) is 0 Å². The lowest BCUT2D eigenvalue weighted by molar-refractivity contribution is 0.322. The molecule has 2 aromatic carbocycles. The zero-order chi connectivity index (χ0) is 22.2. The minimum Gasteiger partial charge on any atom is -0.467 e. The zero-order valence-corrected chi connectivity index (χ0v) is 18.5. The number of hydrogen-bond donors (Lipinski definition) is 1. The number of rotatable bonds is 6. The van der Waals surface area contributed by atoms with Gasteiger partial charge in [-0.2, -0.15) is 9.52 Å². The average molecular weight is 460 g/mol. The molecule has 0 saturated heterocycles. The second-order valence-electron chi connectivity index (χ2n) is 7.32. The van der Waals surface area contributed by atoms with Gasteiger partial charge in [0.15, 0.2) is 0 Å². The molecule has 10 heteroatoms. The molecule has 0 bridgehead atoms. The number of hydrogen-bond acceptors (Lipinski definition) is 6. The van der Waals surface area contributed by atoms with E-state index in [1.165, 1.54) is 6.26 Å². The molecule has 0 amide bonds. The van der Waals surface area contributed by atoms with Crippen molar-refractivity contribution in [1.29, 1.82) is 0 Å². The third kappa shape index (κ3) is 4.49. The van der Waals surface area contributed by atoms with Crippen LogP contribution in [0, 0.1) is 6.92 Å². The molecule has 0 saturated carbocycles. The van der Waals surface area contributed by atoms with Gasteiger partial charge in [-0.1, -0.05) is 29.8 Å². The van der Waals surface area contributed by atoms with Crippen molar-refractivity contribution >= 4 is 31.4 Å². The molecule has 3 aromatic rings. The fourth-order valence-corrected chi connectivity index (χ4v) is 5.29. The van der Waals surface area contributed by atoms with Crippen molar-refractivity contribution in [2.24, 2.45) is 5.10 Å². The maximum Gasteiger partial charge on any atom is 0.261 e. The van der Waals surface area contributed by atoms with E-state index in [0.717, 1.165) is 16.2 Å². The molecule has 1 N–H and O–H groups in total. The van der Waals surface area contributed by atoms with Crippen LogP contribution in [0.2, 0.25) is 0 Å². The summed E-state index contributed by atoms with van der Waals surface area (Å²) in [5.41, 5.74) is 2.45. The smallest absolute Gasteiger partial charge is 0.261 e. The number of nitrogens with zero attached hydrogens (tertiary/aromatic N) is 2. The van der Waals surface area contributed by atoms with E-state index in [1.54, 1.807) is 60.7 Å². The molecule has 1 aromatic heterocycles. The molecule has 8 nitrogen and oxygen atoms in total. The lowest BCUT2D eigenvalue weighted by Gasteiger charge is -2.18. The van der Waals surface area contributed by atoms with E-state index in [1.807, 2.05) is 6.92 Å². The molecule has 1 aliphatic heterocycles. The van der Waals surface area contributed by atoms with Gasteiger partial charge in [0, 0.05) is 12.1 Å².